The summed E-state index contributed by atoms with van der Waals surface area (Å²) in [5, 5.41) is 4.49. The Labute approximate surface area is 125 Å². The third-order valence-corrected chi connectivity index (χ3v) is 4.40. The molecular weight excluding hydrogens is 264 g/mol. The number of aromatic nitrogens is 3. The van der Waals surface area contributed by atoms with Crippen LogP contribution in [-0.4, -0.2) is 44.9 Å². The largest absolute Gasteiger partial charge is 0.301 e. The first-order valence-electron chi connectivity index (χ1n) is 7.71. The van der Waals surface area contributed by atoms with Gasteiger partial charge in [0.2, 0.25) is 0 Å². The number of carbonyl (C=O) groups is 1. The number of rotatable bonds is 4. The molecule has 0 aliphatic carbocycles. The first kappa shape index (κ1) is 14.2. The minimum absolute atomic E-state index is 0.556. The summed E-state index contributed by atoms with van der Waals surface area (Å²) in [5.74, 6) is 1.50. The smallest absolute Gasteiger partial charge is 0.168 e. The number of carbonyl (C=O) groups excluding carboxylic acids is 1. The van der Waals surface area contributed by atoms with Gasteiger partial charge in [0.25, 0.3) is 0 Å². The van der Waals surface area contributed by atoms with Crippen molar-refractivity contribution in [1.82, 2.24) is 19.5 Å². The molecule has 0 amide bonds. The normalized spacial score (nSPS) is 17.7. The van der Waals surface area contributed by atoms with E-state index in [2.05, 4.69) is 28.8 Å². The van der Waals surface area contributed by atoms with E-state index >= 15 is 0 Å². The maximum Gasteiger partial charge on any atom is 0.168 e. The molecule has 112 valence electrons. The average molecular weight is 286 g/mol. The number of nitrogens with zero attached hydrogens (tertiary/aromatic N) is 4. The Balaban J connectivity index is 1.70. The lowest BCUT2D eigenvalue weighted by molar-refractivity contribution is 0.111. The van der Waals surface area contributed by atoms with E-state index < -0.39 is 0 Å². The van der Waals surface area contributed by atoms with E-state index in [0.717, 1.165) is 37.3 Å². The fraction of sp³-hybridized carbons (Fsp3) is 0.562. The summed E-state index contributed by atoms with van der Waals surface area (Å²) < 4.78 is 1.64. The molecule has 5 heteroatoms. The van der Waals surface area contributed by atoms with Crippen LogP contribution in [0.5, 0.6) is 0 Å². The van der Waals surface area contributed by atoms with Gasteiger partial charge in [-0.1, -0.05) is 6.07 Å². The van der Waals surface area contributed by atoms with Crippen LogP contribution in [-0.2, 0) is 6.42 Å². The minimum atomic E-state index is 0.556. The molecule has 2 aromatic heterocycles. The van der Waals surface area contributed by atoms with Gasteiger partial charge in [-0.25, -0.2) is 9.50 Å². The molecule has 1 aliphatic rings. The summed E-state index contributed by atoms with van der Waals surface area (Å²) in [4.78, 5) is 18.1. The van der Waals surface area contributed by atoms with Crippen molar-refractivity contribution in [2.75, 3.05) is 13.1 Å². The zero-order valence-corrected chi connectivity index (χ0v) is 12.7. The molecule has 2 aromatic rings. The zero-order valence-electron chi connectivity index (χ0n) is 12.7. The van der Waals surface area contributed by atoms with Gasteiger partial charge in [0.05, 0.1) is 0 Å². The highest BCUT2D eigenvalue weighted by Gasteiger charge is 2.22. The highest BCUT2D eigenvalue weighted by molar-refractivity contribution is 5.73. The first-order valence-corrected chi connectivity index (χ1v) is 7.71. The van der Waals surface area contributed by atoms with Gasteiger partial charge >= 0.3 is 0 Å². The third-order valence-electron chi connectivity index (χ3n) is 4.40. The van der Waals surface area contributed by atoms with Crippen molar-refractivity contribution >= 4 is 11.9 Å². The van der Waals surface area contributed by atoms with Gasteiger partial charge in [-0.3, -0.25) is 4.79 Å². The Morgan fingerprint density at radius 2 is 2.10 bits per heavy atom. The van der Waals surface area contributed by atoms with E-state index in [1.165, 1.54) is 12.8 Å². The molecule has 21 heavy (non-hydrogen) atoms. The third kappa shape index (κ3) is 2.97. The molecule has 0 atom stereocenters. The van der Waals surface area contributed by atoms with Crippen molar-refractivity contribution in [3.05, 3.63) is 29.7 Å². The lowest BCUT2D eigenvalue weighted by Gasteiger charge is -2.34. The molecule has 1 saturated heterocycles. The van der Waals surface area contributed by atoms with E-state index in [0.29, 0.717) is 17.7 Å². The van der Waals surface area contributed by atoms with Crippen molar-refractivity contribution in [1.29, 1.82) is 0 Å². The Bertz CT molecular complexity index is 626. The summed E-state index contributed by atoms with van der Waals surface area (Å²) in [5.41, 5.74) is 1.31. The molecule has 5 nitrogen and oxygen atoms in total. The number of aldehydes is 1. The van der Waals surface area contributed by atoms with Crippen LogP contribution in [0, 0.1) is 5.92 Å². The Hall–Kier alpha value is -1.75. The van der Waals surface area contributed by atoms with Crippen molar-refractivity contribution < 1.29 is 4.79 Å². The molecule has 0 unspecified atom stereocenters. The van der Waals surface area contributed by atoms with Gasteiger partial charge < -0.3 is 4.90 Å². The summed E-state index contributed by atoms with van der Waals surface area (Å²) in [7, 11) is 0. The second-order valence-corrected chi connectivity index (χ2v) is 6.14. The Morgan fingerprint density at radius 3 is 2.76 bits per heavy atom. The van der Waals surface area contributed by atoms with Crippen molar-refractivity contribution in [2.24, 2.45) is 5.92 Å². The molecule has 0 N–H and O–H groups in total. The highest BCUT2D eigenvalue weighted by Crippen LogP contribution is 2.22. The van der Waals surface area contributed by atoms with Crippen LogP contribution < -0.4 is 0 Å². The van der Waals surface area contributed by atoms with Crippen LogP contribution in [0.25, 0.3) is 5.65 Å². The minimum Gasteiger partial charge on any atom is -0.301 e. The zero-order chi connectivity index (χ0) is 14.8. The molecule has 1 aliphatic heterocycles. The van der Waals surface area contributed by atoms with Crippen LogP contribution in [0.2, 0.25) is 0 Å². The molecule has 0 bridgehead atoms. The number of hydrogen-bond donors (Lipinski definition) is 0. The predicted octanol–water partition coefficient (Wildman–Crippen LogP) is 2.20. The predicted molar refractivity (Wildman–Crippen MR) is 81.5 cm³/mol. The molecule has 3 heterocycles. The lowest BCUT2D eigenvalue weighted by Crippen LogP contribution is -2.38. The van der Waals surface area contributed by atoms with Crippen LogP contribution in [0.1, 0.15) is 43.0 Å². The molecule has 0 spiro atoms. The van der Waals surface area contributed by atoms with Gasteiger partial charge in [0, 0.05) is 12.5 Å². The number of piperidine rings is 1. The molecule has 0 aromatic carbocycles. The van der Waals surface area contributed by atoms with E-state index in [1.54, 1.807) is 10.6 Å². The summed E-state index contributed by atoms with van der Waals surface area (Å²) in [6.45, 7) is 6.83. The topological polar surface area (TPSA) is 50.5 Å². The van der Waals surface area contributed by atoms with Gasteiger partial charge in [-0.15, -0.1) is 0 Å². The molecule has 0 radical (unpaired) electrons. The molecule has 3 rings (SSSR count). The quantitative estimate of drug-likeness (QED) is 0.809. The van der Waals surface area contributed by atoms with E-state index in [1.807, 2.05) is 12.1 Å². The second kappa shape index (κ2) is 5.93. The summed E-state index contributed by atoms with van der Waals surface area (Å²) >= 11 is 0. The van der Waals surface area contributed by atoms with Gasteiger partial charge in [0.15, 0.2) is 17.8 Å². The molecule has 1 fully saturated rings. The van der Waals surface area contributed by atoms with Crippen LogP contribution in [0.15, 0.2) is 18.2 Å². The summed E-state index contributed by atoms with van der Waals surface area (Å²) in [6.07, 6.45) is 4.14. The van der Waals surface area contributed by atoms with Gasteiger partial charge in [-0.2, -0.15) is 5.10 Å². The number of hydrogen-bond acceptors (Lipinski definition) is 4. The summed E-state index contributed by atoms with van der Waals surface area (Å²) in [6, 6.07) is 6.14. The number of fused-ring (bicyclic) bond motifs is 1. The maximum absolute atomic E-state index is 11.0. The van der Waals surface area contributed by atoms with Crippen molar-refractivity contribution in [3.8, 4) is 0 Å². The van der Waals surface area contributed by atoms with Crippen LogP contribution in [0.3, 0.4) is 0 Å². The fourth-order valence-electron chi connectivity index (χ4n) is 3.08. The molecular formula is C16H22N4O. The fourth-order valence-corrected chi connectivity index (χ4v) is 3.08. The number of likely N-dealkylation sites (tertiary alicyclic amines) is 1. The highest BCUT2D eigenvalue weighted by atomic mass is 16.1. The second-order valence-electron chi connectivity index (χ2n) is 6.14. The number of pyridine rings is 1. The van der Waals surface area contributed by atoms with E-state index in [9.17, 15) is 4.79 Å². The standard InChI is InChI=1S/C16H22N4O/c1-12(2)19-8-6-13(7-9-19)10-15-17-16-5-3-4-14(11-21)20(16)18-15/h3-5,11-13H,6-10H2,1-2H3. The Kier molecular flexibility index (Phi) is 4.01. The van der Waals surface area contributed by atoms with Crippen molar-refractivity contribution in [3.63, 3.8) is 0 Å². The monoisotopic (exact) mass is 286 g/mol. The van der Waals surface area contributed by atoms with Gasteiger partial charge in [-0.05, 0) is 57.8 Å². The van der Waals surface area contributed by atoms with Crippen LogP contribution in [0.4, 0.5) is 0 Å². The average Bonchev–Trinajstić information content (AvgIpc) is 2.90. The SMILES string of the molecule is CC(C)N1CCC(Cc2nc3cccc(C=O)n3n2)CC1. The Morgan fingerprint density at radius 1 is 1.33 bits per heavy atom. The maximum atomic E-state index is 11.0. The van der Waals surface area contributed by atoms with E-state index in [4.69, 9.17) is 0 Å². The first-order chi connectivity index (χ1) is 10.2. The molecule has 0 saturated carbocycles. The van der Waals surface area contributed by atoms with Crippen LogP contribution >= 0.6 is 0 Å². The van der Waals surface area contributed by atoms with E-state index in [-0.39, 0.29) is 0 Å². The van der Waals surface area contributed by atoms with Crippen molar-refractivity contribution in [2.45, 2.75) is 39.2 Å². The van der Waals surface area contributed by atoms with Gasteiger partial charge in [0.1, 0.15) is 5.69 Å². The lowest BCUT2D eigenvalue weighted by atomic mass is 9.93.